The highest BCUT2D eigenvalue weighted by atomic mass is 14.2. The van der Waals surface area contributed by atoms with Crippen LogP contribution < -0.4 is 0 Å². The molecule has 2 nitrogen and oxygen atoms in total. The molecule has 0 unspecified atom stereocenters. The van der Waals surface area contributed by atoms with Gasteiger partial charge in [0.25, 0.3) is 0 Å². The Bertz CT molecular complexity index is 277. The Labute approximate surface area is 72.7 Å². The summed E-state index contributed by atoms with van der Waals surface area (Å²) >= 11 is 0. The number of rotatable bonds is 1. The van der Waals surface area contributed by atoms with Gasteiger partial charge in [-0.25, -0.2) is 0 Å². The summed E-state index contributed by atoms with van der Waals surface area (Å²) in [7, 11) is 0. The standard InChI is InChI=1S/C8H7N.C2H3N/c9-7-6-8-4-2-1-3-5-8;1-2-3/h1-5H,6H2;1H3. The van der Waals surface area contributed by atoms with Crippen LogP contribution in [0.25, 0.3) is 0 Å². The second-order valence-electron chi connectivity index (χ2n) is 2.04. The van der Waals surface area contributed by atoms with Gasteiger partial charge < -0.3 is 0 Å². The second-order valence-corrected chi connectivity index (χ2v) is 2.04. The van der Waals surface area contributed by atoms with E-state index in [9.17, 15) is 0 Å². The zero-order valence-corrected chi connectivity index (χ0v) is 6.99. The number of benzene rings is 1. The number of hydrogen-bond acceptors (Lipinski definition) is 2. The third-order valence-electron chi connectivity index (χ3n) is 1.13. The zero-order chi connectivity index (χ0) is 9.23. The minimum atomic E-state index is 0.515. The Morgan fingerprint density at radius 3 is 2.08 bits per heavy atom. The molecule has 60 valence electrons. The first-order valence-corrected chi connectivity index (χ1v) is 3.57. The second kappa shape index (κ2) is 7.31. The highest BCUT2D eigenvalue weighted by Crippen LogP contribution is 1.96. The first kappa shape index (κ1) is 10.2. The molecule has 0 saturated heterocycles. The van der Waals surface area contributed by atoms with Crippen molar-refractivity contribution < 1.29 is 0 Å². The van der Waals surface area contributed by atoms with Gasteiger partial charge in [-0.3, -0.25) is 0 Å². The molecule has 0 N–H and O–H groups in total. The lowest BCUT2D eigenvalue weighted by Crippen LogP contribution is -1.76. The zero-order valence-electron chi connectivity index (χ0n) is 6.99. The smallest absolute Gasteiger partial charge is 0.0669 e. The minimum Gasteiger partial charge on any atom is -0.199 e. The van der Waals surface area contributed by atoms with Gasteiger partial charge in [-0.2, -0.15) is 10.5 Å². The van der Waals surface area contributed by atoms with Gasteiger partial charge in [0.2, 0.25) is 0 Å². The summed E-state index contributed by atoms with van der Waals surface area (Å²) in [6.07, 6.45) is 0.515. The van der Waals surface area contributed by atoms with Crippen molar-refractivity contribution in [3.63, 3.8) is 0 Å². The lowest BCUT2D eigenvalue weighted by molar-refractivity contribution is 1.26. The molecule has 0 aromatic heterocycles. The molecule has 1 aromatic rings. The molecule has 0 atom stereocenters. The molecule has 0 aliphatic heterocycles. The van der Waals surface area contributed by atoms with E-state index in [1.807, 2.05) is 30.3 Å². The molecule has 0 aliphatic carbocycles. The normalized spacial score (nSPS) is 6.92. The van der Waals surface area contributed by atoms with E-state index in [1.54, 1.807) is 6.07 Å². The van der Waals surface area contributed by atoms with E-state index in [0.717, 1.165) is 5.56 Å². The van der Waals surface area contributed by atoms with Gasteiger partial charge in [0.15, 0.2) is 0 Å². The Balaban J connectivity index is 0.000000354. The molecule has 2 heteroatoms. The molecule has 0 aliphatic rings. The summed E-state index contributed by atoms with van der Waals surface area (Å²) in [4.78, 5) is 0. The summed E-state index contributed by atoms with van der Waals surface area (Å²) < 4.78 is 0. The molecule has 0 spiro atoms. The van der Waals surface area contributed by atoms with E-state index >= 15 is 0 Å². The van der Waals surface area contributed by atoms with Gasteiger partial charge >= 0.3 is 0 Å². The average Bonchev–Trinajstić information content (AvgIpc) is 2.08. The third-order valence-corrected chi connectivity index (χ3v) is 1.13. The van der Waals surface area contributed by atoms with Crippen LogP contribution in [-0.4, -0.2) is 0 Å². The number of nitrogens with zero attached hydrogens (tertiary/aromatic N) is 2. The van der Waals surface area contributed by atoms with Crippen LogP contribution in [0.4, 0.5) is 0 Å². The lowest BCUT2D eigenvalue weighted by Gasteiger charge is -1.88. The van der Waals surface area contributed by atoms with Crippen LogP contribution in [0.5, 0.6) is 0 Å². The quantitative estimate of drug-likeness (QED) is 0.629. The maximum absolute atomic E-state index is 8.27. The van der Waals surface area contributed by atoms with Crippen molar-refractivity contribution in [3.05, 3.63) is 35.9 Å². The summed E-state index contributed by atoms with van der Waals surface area (Å²) in [6.45, 7) is 1.43. The minimum absolute atomic E-state index is 0.515. The molecule has 0 radical (unpaired) electrons. The van der Waals surface area contributed by atoms with Crippen molar-refractivity contribution in [1.29, 1.82) is 10.5 Å². The Morgan fingerprint density at radius 1 is 1.17 bits per heavy atom. The van der Waals surface area contributed by atoms with Crippen molar-refractivity contribution in [3.8, 4) is 12.1 Å². The highest BCUT2D eigenvalue weighted by molar-refractivity contribution is 5.17. The first-order valence-electron chi connectivity index (χ1n) is 3.57. The molecule has 0 saturated carbocycles. The van der Waals surface area contributed by atoms with Crippen LogP contribution in [0.2, 0.25) is 0 Å². The van der Waals surface area contributed by atoms with Gasteiger partial charge in [-0.1, -0.05) is 30.3 Å². The number of hydrogen-bond donors (Lipinski definition) is 0. The number of nitriles is 2. The van der Waals surface area contributed by atoms with Crippen LogP contribution >= 0.6 is 0 Å². The van der Waals surface area contributed by atoms with Crippen LogP contribution in [0, 0.1) is 22.7 Å². The molecule has 0 fully saturated rings. The maximum Gasteiger partial charge on any atom is 0.0669 e. The fourth-order valence-electron chi connectivity index (χ4n) is 0.687. The van der Waals surface area contributed by atoms with Crippen LogP contribution in [0.3, 0.4) is 0 Å². The summed E-state index contributed by atoms with van der Waals surface area (Å²) in [5.74, 6) is 0. The van der Waals surface area contributed by atoms with Crippen molar-refractivity contribution in [1.82, 2.24) is 0 Å². The fraction of sp³-hybridized carbons (Fsp3) is 0.200. The summed E-state index contributed by atoms with van der Waals surface area (Å²) in [6, 6.07) is 13.5. The fourth-order valence-corrected chi connectivity index (χ4v) is 0.687. The Hall–Kier alpha value is -1.80. The topological polar surface area (TPSA) is 47.6 Å². The highest BCUT2D eigenvalue weighted by Gasteiger charge is 1.84. The average molecular weight is 158 g/mol. The molecular formula is C10H10N2. The van der Waals surface area contributed by atoms with E-state index in [2.05, 4.69) is 6.07 Å². The largest absolute Gasteiger partial charge is 0.199 e. The van der Waals surface area contributed by atoms with Crippen LogP contribution in [0.1, 0.15) is 12.5 Å². The molecule has 0 heterocycles. The van der Waals surface area contributed by atoms with Gasteiger partial charge in [-0.05, 0) is 5.56 Å². The van der Waals surface area contributed by atoms with E-state index in [0.29, 0.717) is 6.42 Å². The SMILES string of the molecule is CC#N.N#CCc1ccccc1. The van der Waals surface area contributed by atoms with Crippen molar-refractivity contribution in [2.24, 2.45) is 0 Å². The predicted octanol–water partition coefficient (Wildman–Crippen LogP) is 2.28. The van der Waals surface area contributed by atoms with E-state index in [1.165, 1.54) is 6.92 Å². The van der Waals surface area contributed by atoms with E-state index in [-0.39, 0.29) is 0 Å². The van der Waals surface area contributed by atoms with Crippen LogP contribution in [0.15, 0.2) is 30.3 Å². The molecule has 0 bridgehead atoms. The van der Waals surface area contributed by atoms with Crippen molar-refractivity contribution >= 4 is 0 Å². The van der Waals surface area contributed by atoms with Gasteiger partial charge in [0, 0.05) is 6.92 Å². The van der Waals surface area contributed by atoms with E-state index < -0.39 is 0 Å². The Morgan fingerprint density at radius 2 is 1.67 bits per heavy atom. The van der Waals surface area contributed by atoms with Gasteiger partial charge in [0.1, 0.15) is 0 Å². The molecule has 12 heavy (non-hydrogen) atoms. The molecule has 1 aromatic carbocycles. The Kier molecular flexibility index (Phi) is 6.21. The van der Waals surface area contributed by atoms with Crippen LogP contribution in [-0.2, 0) is 6.42 Å². The van der Waals surface area contributed by atoms with Gasteiger partial charge in [-0.15, -0.1) is 0 Å². The first-order chi connectivity index (χ1) is 5.85. The molecule has 0 amide bonds. The predicted molar refractivity (Wildman–Crippen MR) is 47.0 cm³/mol. The van der Waals surface area contributed by atoms with Crippen molar-refractivity contribution in [2.45, 2.75) is 13.3 Å². The summed E-state index contributed by atoms with van der Waals surface area (Å²) in [5, 5.41) is 15.6. The maximum atomic E-state index is 8.27. The molecular weight excluding hydrogens is 148 g/mol. The van der Waals surface area contributed by atoms with Crippen molar-refractivity contribution in [2.75, 3.05) is 0 Å². The lowest BCUT2D eigenvalue weighted by atomic mass is 10.2. The summed E-state index contributed by atoms with van der Waals surface area (Å²) in [5.41, 5.74) is 1.08. The van der Waals surface area contributed by atoms with E-state index in [4.69, 9.17) is 10.5 Å². The van der Waals surface area contributed by atoms with Gasteiger partial charge in [0.05, 0.1) is 18.6 Å². The molecule has 1 rings (SSSR count). The third kappa shape index (κ3) is 5.02. The monoisotopic (exact) mass is 158 g/mol.